The topological polar surface area (TPSA) is 21.7 Å². The molecule has 87 heavy (non-hydrogen) atoms. The average molecular weight is 1110 g/mol. The van der Waals surface area contributed by atoms with Gasteiger partial charge in [-0.05, 0) is 191 Å². The van der Waals surface area contributed by atoms with Crippen molar-refractivity contribution in [1.82, 2.24) is 0 Å². The van der Waals surface area contributed by atoms with Crippen molar-refractivity contribution in [3.63, 3.8) is 0 Å². The van der Waals surface area contributed by atoms with Crippen LogP contribution in [-0.4, -0.2) is 0 Å². The molecule has 2 aliphatic carbocycles. The Balaban J connectivity index is 0.920. The quantitative estimate of drug-likeness (QED) is 0.102. The van der Waals surface area contributed by atoms with Crippen LogP contribution in [0.1, 0.15) is 55.6 Å². The minimum Gasteiger partial charge on any atom is -0.457 e. The molecule has 0 saturated heterocycles. The third-order valence-electron chi connectivity index (χ3n) is 17.7. The Bertz CT molecular complexity index is 4430. The highest BCUT2D eigenvalue weighted by Gasteiger charge is 2.48. The third kappa shape index (κ3) is 9.08. The number of hydrogen-bond acceptors (Lipinski definition) is 3. The van der Waals surface area contributed by atoms with Gasteiger partial charge in [0, 0.05) is 17.1 Å². The van der Waals surface area contributed by atoms with Crippen molar-refractivity contribution in [3.05, 3.63) is 390 Å². The molecule has 3 nitrogen and oxygen atoms in total. The van der Waals surface area contributed by atoms with Crippen LogP contribution in [0.3, 0.4) is 0 Å². The third-order valence-corrected chi connectivity index (χ3v) is 17.7. The highest BCUT2D eigenvalue weighted by atomic mass is 16.5. The SMILES string of the molecule is C=Cc1ccc(Oc2ccc(C3(c4ccccc4)c4ccccc4-c4ccc(N(c5ccc(-c6cccc(-c7ccccc7)c6)cc5)c5ccc6c(c5)C(c5ccccc5)(c5ccc(Oc7ccc(C=C)cc7)cc5)c5ccccc5-6)cc43)cc2)cc1. The number of nitrogens with zero attached hydrogens (tertiary/aromatic N) is 1. The molecule has 412 valence electrons. The lowest BCUT2D eigenvalue weighted by Gasteiger charge is -2.36. The van der Waals surface area contributed by atoms with Gasteiger partial charge in [0.2, 0.25) is 0 Å². The second-order valence-corrected chi connectivity index (χ2v) is 22.4. The fraction of sp³-hybridized carbons (Fsp3) is 0.0238. The second-order valence-electron chi connectivity index (χ2n) is 22.4. The van der Waals surface area contributed by atoms with Crippen LogP contribution in [-0.2, 0) is 10.8 Å². The second kappa shape index (κ2) is 22.1. The molecule has 0 spiro atoms. The number of ether oxygens (including phenoxy) is 2. The molecule has 15 rings (SSSR count). The number of hydrogen-bond donors (Lipinski definition) is 0. The van der Waals surface area contributed by atoms with Crippen LogP contribution in [0.15, 0.2) is 335 Å². The molecule has 0 saturated carbocycles. The first-order valence-electron chi connectivity index (χ1n) is 29.7. The molecule has 0 bridgehead atoms. The normalized spacial score (nSPS) is 15.1. The van der Waals surface area contributed by atoms with Gasteiger partial charge < -0.3 is 14.4 Å². The van der Waals surface area contributed by atoms with E-state index >= 15 is 0 Å². The molecule has 13 aromatic rings. The summed E-state index contributed by atoms with van der Waals surface area (Å²) in [5.74, 6) is 3.07. The Morgan fingerprint density at radius 3 is 1.01 bits per heavy atom. The summed E-state index contributed by atoms with van der Waals surface area (Å²) in [5, 5.41) is 0. The maximum Gasteiger partial charge on any atom is 0.127 e. The molecule has 0 amide bonds. The van der Waals surface area contributed by atoms with E-state index in [2.05, 4.69) is 291 Å². The monoisotopic (exact) mass is 1110 g/mol. The van der Waals surface area contributed by atoms with E-state index in [1.54, 1.807) is 0 Å². The highest BCUT2D eigenvalue weighted by Crippen LogP contribution is 2.60. The average Bonchev–Trinajstić information content (AvgIpc) is 1.60. The van der Waals surface area contributed by atoms with E-state index < -0.39 is 10.8 Å². The Labute approximate surface area is 509 Å². The molecule has 0 aromatic heterocycles. The minimum absolute atomic E-state index is 0.695. The fourth-order valence-electron chi connectivity index (χ4n) is 13.7. The molecule has 0 N–H and O–H groups in total. The van der Waals surface area contributed by atoms with E-state index in [-0.39, 0.29) is 0 Å². The van der Waals surface area contributed by atoms with E-state index in [1.807, 2.05) is 60.7 Å². The number of fused-ring (bicyclic) bond motifs is 6. The first-order chi connectivity index (χ1) is 43.0. The Hall–Kier alpha value is -11.3. The van der Waals surface area contributed by atoms with Crippen molar-refractivity contribution in [2.45, 2.75) is 10.8 Å². The zero-order valence-corrected chi connectivity index (χ0v) is 47.9. The zero-order valence-electron chi connectivity index (χ0n) is 47.9. The molecular weight excluding hydrogens is 1050 g/mol. The Kier molecular flexibility index (Phi) is 13.3. The van der Waals surface area contributed by atoms with Crippen molar-refractivity contribution >= 4 is 29.2 Å². The van der Waals surface area contributed by atoms with Crippen LogP contribution in [0, 0.1) is 0 Å². The van der Waals surface area contributed by atoms with Gasteiger partial charge in [0.1, 0.15) is 23.0 Å². The molecule has 2 unspecified atom stereocenters. The van der Waals surface area contributed by atoms with E-state index in [9.17, 15) is 0 Å². The summed E-state index contributed by atoms with van der Waals surface area (Å²) < 4.78 is 13.0. The lowest BCUT2D eigenvalue weighted by atomic mass is 9.67. The molecular formula is C84H59NO2. The van der Waals surface area contributed by atoms with Crippen molar-refractivity contribution in [3.8, 4) is 67.5 Å². The van der Waals surface area contributed by atoms with Gasteiger partial charge in [-0.15, -0.1) is 0 Å². The van der Waals surface area contributed by atoms with Gasteiger partial charge in [-0.2, -0.15) is 0 Å². The van der Waals surface area contributed by atoms with Gasteiger partial charge in [-0.25, -0.2) is 0 Å². The zero-order chi connectivity index (χ0) is 58.3. The molecule has 0 fully saturated rings. The number of rotatable bonds is 15. The van der Waals surface area contributed by atoms with Crippen LogP contribution in [0.5, 0.6) is 23.0 Å². The molecule has 2 aliphatic rings. The first kappa shape index (κ1) is 52.5. The van der Waals surface area contributed by atoms with Crippen LogP contribution in [0.4, 0.5) is 17.1 Å². The van der Waals surface area contributed by atoms with Gasteiger partial charge >= 0.3 is 0 Å². The summed E-state index contributed by atoms with van der Waals surface area (Å²) in [6.07, 6.45) is 3.69. The maximum absolute atomic E-state index is 6.49. The van der Waals surface area contributed by atoms with Gasteiger partial charge in [-0.1, -0.05) is 256 Å². The molecule has 0 heterocycles. The van der Waals surface area contributed by atoms with Crippen molar-refractivity contribution < 1.29 is 9.47 Å². The number of benzene rings is 13. The van der Waals surface area contributed by atoms with Gasteiger partial charge in [0.05, 0.1) is 10.8 Å². The van der Waals surface area contributed by atoms with Gasteiger partial charge in [0.15, 0.2) is 0 Å². The first-order valence-corrected chi connectivity index (χ1v) is 29.7. The summed E-state index contributed by atoms with van der Waals surface area (Å²) in [6.45, 7) is 7.87. The van der Waals surface area contributed by atoms with Gasteiger partial charge in [0.25, 0.3) is 0 Å². The standard InChI is InChI=1S/C84H59NO2/c1-3-58-31-45-71(46-32-58)86-73-49-37-66(38-50-73)83(64-23-10-6-11-24-64)79-29-16-14-27-75(79)77-53-43-69(56-81(77)83)85(68-41-35-61(36-42-68)63-22-18-21-62(55-63)60-19-8-5-9-20-60)70-44-54-78-76-28-15-17-30-80(76)84(82(78)57-70,65-25-12-7-13-26-65)67-39-51-74(52-40-67)87-72-47-33-59(4-2)34-48-72/h3-57H,1-2H2. The van der Waals surface area contributed by atoms with Crippen molar-refractivity contribution in [2.75, 3.05) is 4.90 Å². The summed E-state index contributed by atoms with van der Waals surface area (Å²) >= 11 is 0. The summed E-state index contributed by atoms with van der Waals surface area (Å²) in [6, 6.07) is 116. The summed E-state index contributed by atoms with van der Waals surface area (Å²) in [7, 11) is 0. The largest absolute Gasteiger partial charge is 0.457 e. The predicted octanol–water partition coefficient (Wildman–Crippen LogP) is 22.1. The van der Waals surface area contributed by atoms with E-state index in [0.717, 1.165) is 73.4 Å². The van der Waals surface area contributed by atoms with Crippen LogP contribution in [0.2, 0.25) is 0 Å². The molecule has 3 heteroatoms. The van der Waals surface area contributed by atoms with Gasteiger partial charge in [-0.3, -0.25) is 0 Å². The van der Waals surface area contributed by atoms with Crippen LogP contribution >= 0.6 is 0 Å². The van der Waals surface area contributed by atoms with E-state index in [0.29, 0.717) is 0 Å². The predicted molar refractivity (Wildman–Crippen MR) is 360 cm³/mol. The Morgan fingerprint density at radius 1 is 0.253 bits per heavy atom. The summed E-state index contributed by atoms with van der Waals surface area (Å²) in [4.78, 5) is 2.46. The highest BCUT2D eigenvalue weighted by molar-refractivity contribution is 5.93. The van der Waals surface area contributed by atoms with Crippen LogP contribution in [0.25, 0.3) is 56.7 Å². The van der Waals surface area contributed by atoms with Crippen LogP contribution < -0.4 is 14.4 Å². The Morgan fingerprint density at radius 2 is 0.586 bits per heavy atom. The molecule has 0 radical (unpaired) electrons. The fourth-order valence-corrected chi connectivity index (χ4v) is 13.7. The smallest absolute Gasteiger partial charge is 0.127 e. The molecule has 2 atom stereocenters. The van der Waals surface area contributed by atoms with Crippen molar-refractivity contribution in [2.24, 2.45) is 0 Å². The minimum atomic E-state index is -0.695. The number of anilines is 3. The lowest BCUT2D eigenvalue weighted by molar-refractivity contribution is 0.482. The summed E-state index contributed by atoms with van der Waals surface area (Å²) in [5.41, 5.74) is 22.8. The van der Waals surface area contributed by atoms with Crippen molar-refractivity contribution in [1.29, 1.82) is 0 Å². The van der Waals surface area contributed by atoms with E-state index in [4.69, 9.17) is 9.47 Å². The maximum atomic E-state index is 6.49. The molecule has 13 aromatic carbocycles. The molecule has 0 aliphatic heterocycles. The lowest BCUT2D eigenvalue weighted by Crippen LogP contribution is -2.29. The van der Waals surface area contributed by atoms with E-state index in [1.165, 1.54) is 66.8 Å².